The summed E-state index contributed by atoms with van der Waals surface area (Å²) in [5.74, 6) is 1.24. The summed E-state index contributed by atoms with van der Waals surface area (Å²) in [7, 11) is 0. The fourth-order valence-corrected chi connectivity index (χ4v) is 3.86. The minimum Gasteiger partial charge on any atom is -0.396 e. The van der Waals surface area contributed by atoms with E-state index in [1.807, 2.05) is 11.3 Å². The van der Waals surface area contributed by atoms with Crippen molar-refractivity contribution in [3.05, 3.63) is 16.1 Å². The Labute approximate surface area is 113 Å². The first kappa shape index (κ1) is 12.6. The van der Waals surface area contributed by atoms with Crippen molar-refractivity contribution in [3.8, 4) is 0 Å². The van der Waals surface area contributed by atoms with E-state index in [2.05, 4.69) is 23.0 Å². The maximum atomic E-state index is 9.31. The Bertz CT molecular complexity index is 402. The summed E-state index contributed by atoms with van der Waals surface area (Å²) in [6, 6.07) is 0.638. The van der Waals surface area contributed by atoms with E-state index >= 15 is 0 Å². The lowest BCUT2D eigenvalue weighted by Gasteiger charge is -2.37. The van der Waals surface area contributed by atoms with E-state index < -0.39 is 0 Å². The number of nitrogens with zero attached hydrogens (tertiary/aromatic N) is 2. The van der Waals surface area contributed by atoms with Gasteiger partial charge < -0.3 is 5.11 Å². The van der Waals surface area contributed by atoms with E-state index in [1.54, 1.807) is 0 Å². The first-order valence-corrected chi connectivity index (χ1v) is 7.87. The minimum atomic E-state index is 0.333. The zero-order valence-corrected chi connectivity index (χ0v) is 11.8. The molecule has 1 N–H and O–H groups in total. The van der Waals surface area contributed by atoms with E-state index in [0.717, 1.165) is 19.0 Å². The van der Waals surface area contributed by atoms with E-state index in [9.17, 15) is 5.11 Å². The zero-order chi connectivity index (χ0) is 12.5. The SMILES string of the molecule is CC1CCC(CO)CN1Cc1cnc(C2CC2)s1. The number of rotatable bonds is 4. The van der Waals surface area contributed by atoms with Gasteiger partial charge in [0.2, 0.25) is 0 Å². The molecule has 0 aromatic carbocycles. The van der Waals surface area contributed by atoms with Crippen LogP contribution in [0.4, 0.5) is 0 Å². The van der Waals surface area contributed by atoms with Crippen molar-refractivity contribution in [1.82, 2.24) is 9.88 Å². The number of hydrogen-bond acceptors (Lipinski definition) is 4. The van der Waals surface area contributed by atoms with Crippen molar-refractivity contribution in [3.63, 3.8) is 0 Å². The van der Waals surface area contributed by atoms with Crippen molar-refractivity contribution in [2.75, 3.05) is 13.2 Å². The van der Waals surface area contributed by atoms with Crippen LogP contribution in [0.2, 0.25) is 0 Å². The van der Waals surface area contributed by atoms with Crippen LogP contribution in [0.25, 0.3) is 0 Å². The van der Waals surface area contributed by atoms with Gasteiger partial charge in [0.1, 0.15) is 0 Å². The smallest absolute Gasteiger partial charge is 0.0959 e. The predicted octanol–water partition coefficient (Wildman–Crippen LogP) is 2.61. The van der Waals surface area contributed by atoms with Gasteiger partial charge in [-0.25, -0.2) is 4.98 Å². The highest BCUT2D eigenvalue weighted by Crippen LogP contribution is 2.42. The van der Waals surface area contributed by atoms with Crippen LogP contribution in [0.5, 0.6) is 0 Å². The predicted molar refractivity (Wildman–Crippen MR) is 73.8 cm³/mol. The minimum absolute atomic E-state index is 0.333. The summed E-state index contributed by atoms with van der Waals surface area (Å²) in [5, 5.41) is 10.7. The molecule has 2 atom stereocenters. The maximum absolute atomic E-state index is 9.31. The van der Waals surface area contributed by atoms with Crippen molar-refractivity contribution in [1.29, 1.82) is 0 Å². The van der Waals surface area contributed by atoms with Gasteiger partial charge in [-0.15, -0.1) is 11.3 Å². The quantitative estimate of drug-likeness (QED) is 0.910. The van der Waals surface area contributed by atoms with Gasteiger partial charge in [0.25, 0.3) is 0 Å². The molecular weight excluding hydrogens is 244 g/mol. The van der Waals surface area contributed by atoms with Crippen molar-refractivity contribution < 1.29 is 5.11 Å². The molecule has 1 aromatic rings. The molecule has 0 bridgehead atoms. The number of aliphatic hydroxyl groups is 1. The highest BCUT2D eigenvalue weighted by atomic mass is 32.1. The molecule has 1 aliphatic heterocycles. The Kier molecular flexibility index (Phi) is 3.68. The molecule has 2 unspecified atom stereocenters. The van der Waals surface area contributed by atoms with Gasteiger partial charge in [0.15, 0.2) is 0 Å². The molecule has 1 saturated carbocycles. The summed E-state index contributed by atoms with van der Waals surface area (Å²) in [4.78, 5) is 8.45. The molecule has 0 amide bonds. The van der Waals surface area contributed by atoms with E-state index in [0.29, 0.717) is 18.6 Å². The van der Waals surface area contributed by atoms with Crippen LogP contribution >= 0.6 is 11.3 Å². The molecule has 3 nitrogen and oxygen atoms in total. The third-order valence-electron chi connectivity index (χ3n) is 4.22. The number of piperidine rings is 1. The van der Waals surface area contributed by atoms with Gasteiger partial charge in [0, 0.05) is 42.7 Å². The second kappa shape index (κ2) is 5.27. The average Bonchev–Trinajstić information content (AvgIpc) is 3.13. The first-order valence-electron chi connectivity index (χ1n) is 7.05. The molecule has 18 heavy (non-hydrogen) atoms. The van der Waals surface area contributed by atoms with Crippen molar-refractivity contribution in [2.24, 2.45) is 5.92 Å². The van der Waals surface area contributed by atoms with Gasteiger partial charge >= 0.3 is 0 Å². The molecule has 1 aromatic heterocycles. The highest BCUT2D eigenvalue weighted by Gasteiger charge is 2.28. The number of aromatic nitrogens is 1. The normalized spacial score (nSPS) is 29.7. The molecule has 2 heterocycles. The lowest BCUT2D eigenvalue weighted by Crippen LogP contribution is -2.42. The van der Waals surface area contributed by atoms with Crippen LogP contribution in [0.1, 0.15) is 48.4 Å². The Morgan fingerprint density at radius 3 is 2.94 bits per heavy atom. The van der Waals surface area contributed by atoms with E-state index in [4.69, 9.17) is 0 Å². The van der Waals surface area contributed by atoms with E-state index in [-0.39, 0.29) is 0 Å². The second-order valence-electron chi connectivity index (χ2n) is 5.84. The molecular formula is C14H22N2OS. The lowest BCUT2D eigenvalue weighted by molar-refractivity contribution is 0.0779. The first-order chi connectivity index (χ1) is 8.76. The number of aliphatic hydroxyl groups excluding tert-OH is 1. The molecule has 0 spiro atoms. The molecule has 1 aliphatic carbocycles. The van der Waals surface area contributed by atoms with Gasteiger partial charge in [-0.05, 0) is 38.5 Å². The summed E-state index contributed by atoms with van der Waals surface area (Å²) < 4.78 is 0. The molecule has 1 saturated heterocycles. The molecule has 2 fully saturated rings. The number of hydrogen-bond donors (Lipinski definition) is 1. The summed E-state index contributed by atoms with van der Waals surface area (Å²) in [6.45, 7) is 4.69. The molecule has 4 heteroatoms. The summed E-state index contributed by atoms with van der Waals surface area (Å²) in [6.07, 6.45) is 7.11. The van der Waals surface area contributed by atoms with Gasteiger partial charge in [-0.2, -0.15) is 0 Å². The monoisotopic (exact) mass is 266 g/mol. The van der Waals surface area contributed by atoms with Crippen LogP contribution in [0.15, 0.2) is 6.20 Å². The molecule has 0 radical (unpaired) electrons. The van der Waals surface area contributed by atoms with Gasteiger partial charge in [0.05, 0.1) is 5.01 Å². The lowest BCUT2D eigenvalue weighted by atomic mass is 9.94. The van der Waals surface area contributed by atoms with Crippen LogP contribution in [0.3, 0.4) is 0 Å². The summed E-state index contributed by atoms with van der Waals surface area (Å²) in [5.41, 5.74) is 0. The third kappa shape index (κ3) is 2.76. The third-order valence-corrected chi connectivity index (χ3v) is 5.37. The zero-order valence-electron chi connectivity index (χ0n) is 11.0. The van der Waals surface area contributed by atoms with Gasteiger partial charge in [-0.1, -0.05) is 0 Å². The molecule has 2 aliphatic rings. The fourth-order valence-electron chi connectivity index (χ4n) is 2.75. The van der Waals surface area contributed by atoms with Crippen molar-refractivity contribution >= 4 is 11.3 Å². The summed E-state index contributed by atoms with van der Waals surface area (Å²) >= 11 is 1.89. The maximum Gasteiger partial charge on any atom is 0.0959 e. The highest BCUT2D eigenvalue weighted by molar-refractivity contribution is 7.11. The van der Waals surface area contributed by atoms with Crippen LogP contribution < -0.4 is 0 Å². The molecule has 3 rings (SSSR count). The van der Waals surface area contributed by atoms with Crippen molar-refractivity contribution in [2.45, 2.75) is 51.1 Å². The van der Waals surface area contributed by atoms with Crippen LogP contribution in [-0.2, 0) is 6.54 Å². The van der Waals surface area contributed by atoms with Gasteiger partial charge in [-0.3, -0.25) is 4.90 Å². The number of thiazole rings is 1. The number of likely N-dealkylation sites (tertiary alicyclic amines) is 1. The topological polar surface area (TPSA) is 36.4 Å². The Hall–Kier alpha value is -0.450. The molecule has 100 valence electrons. The van der Waals surface area contributed by atoms with Crippen LogP contribution in [-0.4, -0.2) is 34.2 Å². The Morgan fingerprint density at radius 2 is 2.22 bits per heavy atom. The fraction of sp³-hybridized carbons (Fsp3) is 0.786. The Balaban J connectivity index is 1.62. The van der Waals surface area contributed by atoms with Crippen LogP contribution in [0, 0.1) is 5.92 Å². The second-order valence-corrected chi connectivity index (χ2v) is 6.99. The average molecular weight is 266 g/mol. The Morgan fingerprint density at radius 1 is 1.39 bits per heavy atom. The van der Waals surface area contributed by atoms with E-state index in [1.165, 1.54) is 35.6 Å². The standard InChI is InChI=1S/C14H22N2OS/c1-10-2-3-11(9-17)7-16(10)8-13-6-15-14(18-13)12-4-5-12/h6,10-12,17H,2-5,7-9H2,1H3. The largest absolute Gasteiger partial charge is 0.396 e.